The highest BCUT2D eigenvalue weighted by molar-refractivity contribution is 5.93. The fourth-order valence-corrected chi connectivity index (χ4v) is 3.38. The maximum absolute atomic E-state index is 13.4. The summed E-state index contributed by atoms with van der Waals surface area (Å²) in [7, 11) is 3.03. The van der Waals surface area contributed by atoms with Gasteiger partial charge < -0.3 is 25.0 Å². The first-order chi connectivity index (χ1) is 15.4. The van der Waals surface area contributed by atoms with E-state index in [-0.39, 0.29) is 30.2 Å². The number of hydrogen-bond acceptors (Lipinski definition) is 6. The second kappa shape index (κ2) is 13.7. The van der Waals surface area contributed by atoms with Gasteiger partial charge in [-0.05, 0) is 44.9 Å². The smallest absolute Gasteiger partial charge is 0.326 e. The number of esters is 1. The zero-order valence-electron chi connectivity index (χ0n) is 23.0. The molecule has 0 aliphatic heterocycles. The number of amides is 3. The number of aliphatic hydroxyl groups excluding tert-OH is 1. The van der Waals surface area contributed by atoms with Gasteiger partial charge in [0.2, 0.25) is 17.7 Å². The van der Waals surface area contributed by atoms with Crippen LogP contribution in [0, 0.1) is 17.8 Å². The summed E-state index contributed by atoms with van der Waals surface area (Å²) >= 11 is 0. The van der Waals surface area contributed by atoms with Crippen molar-refractivity contribution < 1.29 is 29.0 Å². The third kappa shape index (κ3) is 10.4. The number of hydrogen-bond donors (Lipinski definition) is 2. The lowest BCUT2D eigenvalue weighted by molar-refractivity contribution is -0.159. The fourth-order valence-electron chi connectivity index (χ4n) is 3.38. The maximum atomic E-state index is 13.4. The lowest BCUT2D eigenvalue weighted by Crippen LogP contribution is -2.58. The second-order valence-corrected chi connectivity index (χ2v) is 10.9. The summed E-state index contributed by atoms with van der Waals surface area (Å²) in [6, 6.07) is -1.73. The molecule has 0 bridgehead atoms. The highest BCUT2D eigenvalue weighted by Crippen LogP contribution is 2.17. The van der Waals surface area contributed by atoms with Gasteiger partial charge in [0.1, 0.15) is 30.3 Å². The van der Waals surface area contributed by atoms with E-state index in [1.165, 1.54) is 23.9 Å². The van der Waals surface area contributed by atoms with Gasteiger partial charge in [-0.2, -0.15) is 0 Å². The molecule has 0 saturated carbocycles. The van der Waals surface area contributed by atoms with E-state index in [1.807, 2.05) is 20.8 Å². The third-order valence-corrected chi connectivity index (χ3v) is 5.64. The van der Waals surface area contributed by atoms with Gasteiger partial charge >= 0.3 is 5.97 Å². The number of aliphatic hydroxyl groups is 1. The van der Waals surface area contributed by atoms with Crippen LogP contribution in [0.5, 0.6) is 0 Å². The van der Waals surface area contributed by atoms with Gasteiger partial charge in [0.15, 0.2) is 0 Å². The van der Waals surface area contributed by atoms with Crippen LogP contribution in [0.2, 0.25) is 0 Å². The van der Waals surface area contributed by atoms with Crippen LogP contribution < -0.4 is 5.32 Å². The minimum absolute atomic E-state index is 0.0958. The van der Waals surface area contributed by atoms with E-state index in [9.17, 15) is 24.3 Å². The van der Waals surface area contributed by atoms with Crippen LogP contribution in [0.4, 0.5) is 0 Å². The topological polar surface area (TPSA) is 116 Å². The zero-order chi connectivity index (χ0) is 27.0. The van der Waals surface area contributed by atoms with E-state index >= 15 is 0 Å². The molecule has 0 saturated heterocycles. The lowest BCUT2D eigenvalue weighted by atomic mass is 9.96. The minimum atomic E-state index is -1.22. The molecule has 0 heterocycles. The number of rotatable bonds is 12. The Kier molecular flexibility index (Phi) is 12.8. The van der Waals surface area contributed by atoms with Crippen molar-refractivity contribution in [3.05, 3.63) is 0 Å². The Morgan fingerprint density at radius 2 is 1.50 bits per heavy atom. The van der Waals surface area contributed by atoms with Crippen LogP contribution in [-0.2, 0) is 23.9 Å². The molecule has 9 heteroatoms. The molecule has 0 aromatic heterocycles. The third-order valence-electron chi connectivity index (χ3n) is 5.64. The molecule has 34 heavy (non-hydrogen) atoms. The Bertz CT molecular complexity index is 701. The van der Waals surface area contributed by atoms with Crippen LogP contribution in [0.25, 0.3) is 0 Å². The molecular formula is C25H47N3O6. The summed E-state index contributed by atoms with van der Waals surface area (Å²) in [6.45, 7) is 16.1. The molecule has 0 rings (SSSR count). The summed E-state index contributed by atoms with van der Waals surface area (Å²) in [6.07, 6.45) is -0.227. The highest BCUT2D eigenvalue weighted by Gasteiger charge is 2.36. The standard InChI is InChI=1S/C25H47N3O6/c1-12-17(6)21(30)22(31)26-20(16(4)5)24(33)28(11)18(13-15(2)3)23(32)27(10)14-19(29)34-25(7,8)9/h15-18,20-21,30H,12-14H2,1-11H3,(H,26,31)/t17-,18+,20-,21+/m0/s1. The van der Waals surface area contributed by atoms with Gasteiger partial charge in [0, 0.05) is 14.1 Å². The van der Waals surface area contributed by atoms with Crippen molar-refractivity contribution >= 4 is 23.7 Å². The monoisotopic (exact) mass is 485 g/mol. The summed E-state index contributed by atoms with van der Waals surface area (Å²) in [5.74, 6) is -2.38. The summed E-state index contributed by atoms with van der Waals surface area (Å²) in [5, 5.41) is 12.9. The SMILES string of the molecule is CC[C@H](C)[C@@H](O)C(=O)N[C@H](C(=O)N(C)[C@H](CC(C)C)C(=O)N(C)CC(=O)OC(C)(C)C)C(C)C. The molecule has 0 unspecified atom stereocenters. The Morgan fingerprint density at radius 3 is 1.91 bits per heavy atom. The number of carbonyl (C=O) groups is 4. The molecule has 0 aromatic carbocycles. The average Bonchev–Trinajstić information content (AvgIpc) is 2.70. The van der Waals surface area contributed by atoms with E-state index in [0.717, 1.165) is 0 Å². The quantitative estimate of drug-likeness (QED) is 0.410. The molecule has 0 aliphatic rings. The number of likely N-dealkylation sites (N-methyl/N-ethyl adjacent to an activating group) is 2. The molecule has 0 aromatic rings. The Balaban J connectivity index is 5.67. The maximum Gasteiger partial charge on any atom is 0.326 e. The van der Waals surface area contributed by atoms with E-state index < -0.39 is 41.6 Å². The van der Waals surface area contributed by atoms with Gasteiger partial charge in [-0.3, -0.25) is 19.2 Å². The van der Waals surface area contributed by atoms with Crippen molar-refractivity contribution in [1.82, 2.24) is 15.1 Å². The second-order valence-electron chi connectivity index (χ2n) is 10.9. The summed E-state index contributed by atoms with van der Waals surface area (Å²) in [4.78, 5) is 54.1. The first kappa shape index (κ1) is 31.8. The van der Waals surface area contributed by atoms with Crippen molar-refractivity contribution in [2.75, 3.05) is 20.6 Å². The first-order valence-electron chi connectivity index (χ1n) is 12.1. The molecule has 0 spiro atoms. The van der Waals surface area contributed by atoms with Gasteiger partial charge in [0.05, 0.1) is 0 Å². The molecule has 0 fully saturated rings. The Hall–Kier alpha value is -2.16. The molecule has 9 nitrogen and oxygen atoms in total. The van der Waals surface area contributed by atoms with Gasteiger partial charge in [-0.25, -0.2) is 0 Å². The average molecular weight is 486 g/mol. The molecule has 3 amide bonds. The van der Waals surface area contributed by atoms with Crippen molar-refractivity contribution in [2.45, 2.75) is 98.9 Å². The van der Waals surface area contributed by atoms with E-state index in [2.05, 4.69) is 5.32 Å². The molecule has 198 valence electrons. The van der Waals surface area contributed by atoms with Gasteiger partial charge in [0.25, 0.3) is 0 Å². The Labute approximate surface area is 205 Å². The van der Waals surface area contributed by atoms with E-state index in [0.29, 0.717) is 12.8 Å². The summed E-state index contributed by atoms with van der Waals surface area (Å²) in [5.41, 5.74) is -0.673. The van der Waals surface area contributed by atoms with Crippen molar-refractivity contribution in [3.63, 3.8) is 0 Å². The van der Waals surface area contributed by atoms with Gasteiger partial charge in [-0.1, -0.05) is 48.0 Å². The van der Waals surface area contributed by atoms with Crippen molar-refractivity contribution in [1.29, 1.82) is 0 Å². The van der Waals surface area contributed by atoms with Crippen LogP contribution >= 0.6 is 0 Å². The van der Waals surface area contributed by atoms with Crippen LogP contribution in [0.15, 0.2) is 0 Å². The molecule has 4 atom stereocenters. The largest absolute Gasteiger partial charge is 0.459 e. The lowest BCUT2D eigenvalue weighted by Gasteiger charge is -2.35. The van der Waals surface area contributed by atoms with Crippen LogP contribution in [0.3, 0.4) is 0 Å². The number of carbonyl (C=O) groups excluding carboxylic acids is 4. The van der Waals surface area contributed by atoms with E-state index in [4.69, 9.17) is 4.74 Å². The molecule has 0 radical (unpaired) electrons. The fraction of sp³-hybridized carbons (Fsp3) is 0.840. The number of nitrogens with one attached hydrogen (secondary N) is 1. The van der Waals surface area contributed by atoms with Crippen molar-refractivity contribution in [3.8, 4) is 0 Å². The highest BCUT2D eigenvalue weighted by atomic mass is 16.6. The normalized spacial score (nSPS) is 15.4. The minimum Gasteiger partial charge on any atom is -0.459 e. The van der Waals surface area contributed by atoms with Crippen LogP contribution in [-0.4, -0.2) is 83.0 Å². The van der Waals surface area contributed by atoms with Crippen LogP contribution in [0.1, 0.15) is 75.2 Å². The Morgan fingerprint density at radius 1 is 0.971 bits per heavy atom. The first-order valence-corrected chi connectivity index (χ1v) is 12.1. The molecule has 0 aliphatic carbocycles. The number of ether oxygens (including phenoxy) is 1. The van der Waals surface area contributed by atoms with Crippen molar-refractivity contribution in [2.24, 2.45) is 17.8 Å². The molecule has 2 N–H and O–H groups in total. The summed E-state index contributed by atoms with van der Waals surface area (Å²) < 4.78 is 5.31. The molecular weight excluding hydrogens is 438 g/mol. The van der Waals surface area contributed by atoms with Gasteiger partial charge in [-0.15, -0.1) is 0 Å². The number of nitrogens with zero attached hydrogens (tertiary/aromatic N) is 2. The predicted octanol–water partition coefficient (Wildman–Crippen LogP) is 2.21. The van der Waals surface area contributed by atoms with E-state index in [1.54, 1.807) is 41.5 Å². The zero-order valence-corrected chi connectivity index (χ0v) is 23.0. The predicted molar refractivity (Wildman–Crippen MR) is 132 cm³/mol.